The standard InChI is InChI=1S/C28H34N4O4S/c1-6-30-12-14-31(15-13-30)27(34)23-9-7-8-21(16-23)18-32-19(2)20(3)37-28(32)29-26(33)22-10-11-24(35-4)25(17-22)36-5/h7-11,16-17H,6,12-15,18H2,1-5H3. The number of ether oxygens (including phenoxy) is 2. The van der Waals surface area contributed by atoms with Crippen LogP contribution in [-0.4, -0.2) is 73.1 Å². The minimum absolute atomic E-state index is 0.0642. The van der Waals surface area contributed by atoms with Crippen LogP contribution < -0.4 is 14.3 Å². The molecule has 2 amide bonds. The van der Waals surface area contributed by atoms with E-state index in [1.54, 1.807) is 25.3 Å². The molecule has 4 rings (SSSR count). The second-order valence-corrected chi connectivity index (χ2v) is 10.2. The summed E-state index contributed by atoms with van der Waals surface area (Å²) in [5.41, 5.74) is 3.13. The Bertz CT molecular complexity index is 1350. The molecular weight excluding hydrogens is 488 g/mol. The first-order chi connectivity index (χ1) is 17.8. The lowest BCUT2D eigenvalue weighted by Gasteiger charge is -2.34. The van der Waals surface area contributed by atoms with E-state index in [4.69, 9.17) is 9.47 Å². The van der Waals surface area contributed by atoms with E-state index in [2.05, 4.69) is 16.8 Å². The van der Waals surface area contributed by atoms with Crippen LogP contribution in [0.25, 0.3) is 0 Å². The van der Waals surface area contributed by atoms with E-state index in [-0.39, 0.29) is 11.8 Å². The Balaban J connectivity index is 1.58. The molecule has 1 saturated heterocycles. The number of hydrogen-bond donors (Lipinski definition) is 0. The number of thiazole rings is 1. The monoisotopic (exact) mass is 522 g/mol. The normalized spacial score (nSPS) is 14.6. The molecule has 1 aliphatic rings. The number of rotatable bonds is 7. The van der Waals surface area contributed by atoms with E-state index in [1.807, 2.05) is 47.6 Å². The number of aryl methyl sites for hydroxylation is 1. The minimum atomic E-state index is -0.355. The average molecular weight is 523 g/mol. The molecule has 1 fully saturated rings. The Kier molecular flexibility index (Phi) is 8.45. The van der Waals surface area contributed by atoms with E-state index < -0.39 is 0 Å². The van der Waals surface area contributed by atoms with Crippen molar-refractivity contribution in [3.8, 4) is 11.5 Å². The quantitative estimate of drug-likeness (QED) is 0.473. The molecule has 0 unspecified atom stereocenters. The first-order valence-electron chi connectivity index (χ1n) is 12.4. The molecular formula is C28H34N4O4S. The van der Waals surface area contributed by atoms with Crippen LogP contribution in [0.2, 0.25) is 0 Å². The maximum atomic E-state index is 13.2. The Hall–Kier alpha value is -3.43. The van der Waals surface area contributed by atoms with Gasteiger partial charge in [0.1, 0.15) is 0 Å². The van der Waals surface area contributed by atoms with Gasteiger partial charge in [0.05, 0.1) is 20.8 Å². The van der Waals surface area contributed by atoms with E-state index >= 15 is 0 Å². The lowest BCUT2D eigenvalue weighted by Crippen LogP contribution is -2.48. The molecule has 0 saturated carbocycles. The highest BCUT2D eigenvalue weighted by Crippen LogP contribution is 2.27. The van der Waals surface area contributed by atoms with Crippen molar-refractivity contribution in [3.05, 3.63) is 74.5 Å². The Morgan fingerprint density at radius 3 is 2.35 bits per heavy atom. The van der Waals surface area contributed by atoms with Gasteiger partial charge in [-0.1, -0.05) is 19.1 Å². The highest BCUT2D eigenvalue weighted by Gasteiger charge is 2.21. The van der Waals surface area contributed by atoms with Crippen molar-refractivity contribution >= 4 is 23.2 Å². The van der Waals surface area contributed by atoms with Crippen LogP contribution in [0, 0.1) is 13.8 Å². The van der Waals surface area contributed by atoms with E-state index in [0.29, 0.717) is 34.0 Å². The number of amides is 2. The van der Waals surface area contributed by atoms with Gasteiger partial charge in [-0.3, -0.25) is 9.59 Å². The molecule has 0 spiro atoms. The van der Waals surface area contributed by atoms with Gasteiger partial charge in [0.15, 0.2) is 16.3 Å². The van der Waals surface area contributed by atoms with Crippen LogP contribution >= 0.6 is 11.3 Å². The molecule has 0 radical (unpaired) electrons. The molecule has 8 nitrogen and oxygen atoms in total. The van der Waals surface area contributed by atoms with Crippen LogP contribution in [-0.2, 0) is 6.54 Å². The van der Waals surface area contributed by atoms with E-state index in [1.165, 1.54) is 18.4 Å². The average Bonchev–Trinajstić information content (AvgIpc) is 3.19. The molecule has 196 valence electrons. The molecule has 9 heteroatoms. The van der Waals surface area contributed by atoms with Crippen LogP contribution in [0.4, 0.5) is 0 Å². The first-order valence-corrected chi connectivity index (χ1v) is 13.2. The summed E-state index contributed by atoms with van der Waals surface area (Å²) in [6.07, 6.45) is 0. The highest BCUT2D eigenvalue weighted by atomic mass is 32.1. The highest BCUT2D eigenvalue weighted by molar-refractivity contribution is 7.09. The van der Waals surface area contributed by atoms with Crippen molar-refractivity contribution in [2.45, 2.75) is 27.3 Å². The molecule has 0 bridgehead atoms. The van der Waals surface area contributed by atoms with Gasteiger partial charge in [0.25, 0.3) is 11.8 Å². The van der Waals surface area contributed by atoms with Gasteiger partial charge in [-0.2, -0.15) is 4.99 Å². The third-order valence-electron chi connectivity index (χ3n) is 6.84. The topological polar surface area (TPSA) is 76.4 Å². The summed E-state index contributed by atoms with van der Waals surface area (Å²) in [5.74, 6) is 0.742. The summed E-state index contributed by atoms with van der Waals surface area (Å²) in [5, 5.41) is 0. The molecule has 2 heterocycles. The summed E-state index contributed by atoms with van der Waals surface area (Å²) in [6.45, 7) is 11.0. The number of methoxy groups -OCH3 is 2. The maximum absolute atomic E-state index is 13.2. The molecule has 37 heavy (non-hydrogen) atoms. The van der Waals surface area contributed by atoms with Crippen molar-refractivity contribution in [3.63, 3.8) is 0 Å². The molecule has 0 N–H and O–H groups in total. The predicted molar refractivity (Wildman–Crippen MR) is 145 cm³/mol. The van der Waals surface area contributed by atoms with E-state index in [9.17, 15) is 9.59 Å². The van der Waals surface area contributed by atoms with Gasteiger partial charge in [0.2, 0.25) is 0 Å². The fourth-order valence-electron chi connectivity index (χ4n) is 4.42. The van der Waals surface area contributed by atoms with Gasteiger partial charge in [-0.25, -0.2) is 0 Å². The third-order valence-corrected chi connectivity index (χ3v) is 7.93. The molecule has 1 aliphatic heterocycles. The maximum Gasteiger partial charge on any atom is 0.279 e. The largest absolute Gasteiger partial charge is 0.493 e. The number of nitrogens with zero attached hydrogens (tertiary/aromatic N) is 4. The number of benzene rings is 2. The predicted octanol–water partition coefficient (Wildman–Crippen LogP) is 3.75. The number of likely N-dealkylation sites (N-methyl/N-ethyl adjacent to an activating group) is 1. The second-order valence-electron chi connectivity index (χ2n) is 9.03. The van der Waals surface area contributed by atoms with Crippen LogP contribution in [0.1, 0.15) is 43.8 Å². The minimum Gasteiger partial charge on any atom is -0.493 e. The summed E-state index contributed by atoms with van der Waals surface area (Å²) < 4.78 is 12.6. The van der Waals surface area contributed by atoms with Crippen LogP contribution in [0.3, 0.4) is 0 Å². The van der Waals surface area contributed by atoms with Crippen molar-refractivity contribution in [1.29, 1.82) is 0 Å². The molecule has 2 aromatic carbocycles. The summed E-state index contributed by atoms with van der Waals surface area (Å²) in [6, 6.07) is 12.8. The zero-order chi connectivity index (χ0) is 26.5. The van der Waals surface area contributed by atoms with Gasteiger partial charge in [-0.05, 0) is 56.3 Å². The number of hydrogen-bond acceptors (Lipinski definition) is 6. The van der Waals surface area contributed by atoms with Crippen molar-refractivity contribution in [1.82, 2.24) is 14.4 Å². The van der Waals surface area contributed by atoms with Gasteiger partial charge in [0, 0.05) is 47.9 Å². The SMILES string of the molecule is CCN1CCN(C(=O)c2cccc(Cn3c(C)c(C)sc3=NC(=O)c3ccc(OC)c(OC)c3)c2)CC1. The first kappa shape index (κ1) is 26.6. The van der Waals surface area contributed by atoms with Crippen LogP contribution in [0.15, 0.2) is 47.5 Å². The second kappa shape index (κ2) is 11.7. The van der Waals surface area contributed by atoms with Crippen molar-refractivity contribution in [2.24, 2.45) is 4.99 Å². The van der Waals surface area contributed by atoms with Gasteiger partial charge < -0.3 is 23.8 Å². The number of aromatic nitrogens is 1. The van der Waals surface area contributed by atoms with Crippen molar-refractivity contribution in [2.75, 3.05) is 46.9 Å². The smallest absolute Gasteiger partial charge is 0.279 e. The summed E-state index contributed by atoms with van der Waals surface area (Å²) in [7, 11) is 3.09. The summed E-state index contributed by atoms with van der Waals surface area (Å²) >= 11 is 1.48. The lowest BCUT2D eigenvalue weighted by atomic mass is 10.1. The van der Waals surface area contributed by atoms with Crippen LogP contribution in [0.5, 0.6) is 11.5 Å². The number of carbonyl (C=O) groups excluding carboxylic acids is 2. The summed E-state index contributed by atoms with van der Waals surface area (Å²) in [4.78, 5) is 36.6. The third kappa shape index (κ3) is 5.94. The zero-order valence-corrected chi connectivity index (χ0v) is 22.9. The lowest BCUT2D eigenvalue weighted by molar-refractivity contribution is 0.0643. The molecule has 1 aromatic heterocycles. The van der Waals surface area contributed by atoms with E-state index in [0.717, 1.165) is 48.9 Å². The molecule has 0 atom stereocenters. The molecule has 3 aromatic rings. The van der Waals surface area contributed by atoms with Gasteiger partial charge >= 0.3 is 0 Å². The zero-order valence-electron chi connectivity index (χ0n) is 22.1. The van der Waals surface area contributed by atoms with Crippen molar-refractivity contribution < 1.29 is 19.1 Å². The fraction of sp³-hybridized carbons (Fsp3) is 0.393. The number of carbonyl (C=O) groups is 2. The molecule has 0 aliphatic carbocycles. The Labute approximate surface area is 221 Å². The Morgan fingerprint density at radius 2 is 1.68 bits per heavy atom. The fourth-order valence-corrected chi connectivity index (χ4v) is 5.40. The number of piperazine rings is 1. The van der Waals surface area contributed by atoms with Gasteiger partial charge in [-0.15, -0.1) is 11.3 Å². The Morgan fingerprint density at radius 1 is 0.946 bits per heavy atom.